The van der Waals surface area contributed by atoms with Crippen LogP contribution in [-0.2, 0) is 0 Å². The predicted molar refractivity (Wildman–Crippen MR) is 31.8 cm³/mol. The normalized spacial score (nSPS) is 9.25. The minimum Gasteiger partial charge on any atom is -0.206 e. The Bertz CT molecular complexity index is 168. The van der Waals surface area contributed by atoms with E-state index in [-0.39, 0.29) is 5.82 Å². The lowest BCUT2D eigenvalue weighted by Crippen LogP contribution is -1.70. The molecule has 0 amide bonds. The minimum absolute atomic E-state index is 0.365. The van der Waals surface area contributed by atoms with Crippen LogP contribution in [0.3, 0.4) is 0 Å². The van der Waals surface area contributed by atoms with Gasteiger partial charge in [0.25, 0.3) is 0 Å². The van der Waals surface area contributed by atoms with Crippen LogP contribution in [0, 0.1) is 17.9 Å². The van der Waals surface area contributed by atoms with E-state index in [1.807, 2.05) is 0 Å². The van der Waals surface area contributed by atoms with Gasteiger partial charge in [0.05, 0.1) is 0 Å². The van der Waals surface area contributed by atoms with Gasteiger partial charge in [0.1, 0.15) is 5.82 Å². The molecule has 2 radical (unpaired) electrons. The fourth-order valence-corrected chi connectivity index (χ4v) is 0.684. The van der Waals surface area contributed by atoms with Crippen LogP contribution in [0.5, 0.6) is 0 Å². The third kappa shape index (κ3) is 1.30. The van der Waals surface area contributed by atoms with E-state index in [2.05, 4.69) is 28.1 Å². The fraction of sp³-hybridized carbons (Fsp3) is 0. The molecule has 0 spiro atoms. The van der Waals surface area contributed by atoms with Crippen molar-refractivity contribution < 1.29 is 4.39 Å². The molecule has 0 aliphatic heterocycles. The van der Waals surface area contributed by atoms with Crippen molar-refractivity contribution in [1.29, 1.82) is 0 Å². The molecule has 0 unspecified atom stereocenters. The molecule has 0 aromatic heterocycles. The van der Waals surface area contributed by atoms with Crippen molar-refractivity contribution in [3.05, 3.63) is 34.6 Å². The number of rotatable bonds is 0. The Kier molecular flexibility index (Phi) is 1.63. The Hall–Kier alpha value is -0.370. The molecule has 0 aliphatic rings. The molecule has 1 rings (SSSR count). The quantitative estimate of drug-likeness (QED) is 0.564. The van der Waals surface area contributed by atoms with Crippen molar-refractivity contribution in [2.45, 2.75) is 0 Å². The number of hydrogen-bond donors (Lipinski definition) is 0. The van der Waals surface area contributed by atoms with E-state index < -0.39 is 0 Å². The molecule has 2 heteroatoms. The Morgan fingerprint density at radius 2 is 2.25 bits per heavy atom. The maximum atomic E-state index is 12.1. The molecule has 0 fully saturated rings. The van der Waals surface area contributed by atoms with Gasteiger partial charge in [-0.2, -0.15) is 0 Å². The van der Waals surface area contributed by atoms with Crippen LogP contribution < -0.4 is 0 Å². The maximum Gasteiger partial charge on any atom is 0.132 e. The van der Waals surface area contributed by atoms with E-state index in [0.29, 0.717) is 4.47 Å². The third-order valence-electron chi connectivity index (χ3n) is 0.674. The van der Waals surface area contributed by atoms with Gasteiger partial charge in [-0.25, -0.2) is 4.39 Å². The monoisotopic (exact) mass is 172 g/mol. The highest BCUT2D eigenvalue weighted by molar-refractivity contribution is 9.10. The Balaban J connectivity index is 3.08. The van der Waals surface area contributed by atoms with Gasteiger partial charge in [0.15, 0.2) is 0 Å². The number of hydrogen-bond acceptors (Lipinski definition) is 0. The van der Waals surface area contributed by atoms with E-state index in [4.69, 9.17) is 0 Å². The van der Waals surface area contributed by atoms with Crippen LogP contribution in [-0.4, -0.2) is 0 Å². The van der Waals surface area contributed by atoms with E-state index in [0.717, 1.165) is 0 Å². The molecule has 0 heterocycles. The SMILES string of the molecule is Fc1[c]c[c]c(Br)c1. The van der Waals surface area contributed by atoms with Crippen LogP contribution in [0.1, 0.15) is 0 Å². The van der Waals surface area contributed by atoms with Crippen molar-refractivity contribution >= 4 is 15.9 Å². The molecule has 8 heavy (non-hydrogen) atoms. The molecule has 0 saturated heterocycles. The second kappa shape index (κ2) is 2.27. The molecule has 0 atom stereocenters. The van der Waals surface area contributed by atoms with Gasteiger partial charge in [-0.3, -0.25) is 0 Å². The summed E-state index contributed by atoms with van der Waals surface area (Å²) >= 11 is 3.05. The summed E-state index contributed by atoms with van der Waals surface area (Å²) in [5.74, 6) is -0.365. The van der Waals surface area contributed by atoms with Crippen LogP contribution in [0.4, 0.5) is 4.39 Å². The summed E-state index contributed by atoms with van der Waals surface area (Å²) in [5, 5.41) is 0. The average molecular weight is 173 g/mol. The first kappa shape index (κ1) is 5.76. The molecular formula is C6H2BrF. The van der Waals surface area contributed by atoms with Gasteiger partial charge < -0.3 is 0 Å². The number of benzene rings is 1. The average Bonchev–Trinajstić information content (AvgIpc) is 1.64. The summed E-state index contributed by atoms with van der Waals surface area (Å²) in [5.41, 5.74) is 0. The van der Waals surface area contributed by atoms with Gasteiger partial charge in [-0.15, -0.1) is 0 Å². The standard InChI is InChI=1S/C6H2BrF/c7-5-2-1-3-6(8)4-5/h1,4H. The minimum atomic E-state index is -0.365. The maximum absolute atomic E-state index is 12.1. The van der Waals surface area contributed by atoms with E-state index in [1.54, 1.807) is 0 Å². The number of halogens is 2. The molecule has 0 bridgehead atoms. The molecule has 0 saturated carbocycles. The van der Waals surface area contributed by atoms with Crippen molar-refractivity contribution in [2.24, 2.45) is 0 Å². The first-order valence-corrected chi connectivity index (χ1v) is 2.83. The molecule has 1 aromatic rings. The lowest BCUT2D eigenvalue weighted by atomic mass is 10.4. The smallest absolute Gasteiger partial charge is 0.132 e. The van der Waals surface area contributed by atoms with E-state index in [9.17, 15) is 4.39 Å². The van der Waals surface area contributed by atoms with Crippen molar-refractivity contribution in [3.8, 4) is 0 Å². The lowest BCUT2D eigenvalue weighted by molar-refractivity contribution is 0.624. The summed E-state index contributed by atoms with van der Waals surface area (Å²) in [4.78, 5) is 0. The highest BCUT2D eigenvalue weighted by atomic mass is 79.9. The van der Waals surface area contributed by atoms with Gasteiger partial charge in [0, 0.05) is 10.5 Å². The zero-order valence-electron chi connectivity index (χ0n) is 3.91. The van der Waals surface area contributed by atoms with Crippen LogP contribution in [0.2, 0.25) is 0 Å². The van der Waals surface area contributed by atoms with Gasteiger partial charge in [-0.1, -0.05) is 15.9 Å². The van der Waals surface area contributed by atoms with Gasteiger partial charge >= 0.3 is 0 Å². The van der Waals surface area contributed by atoms with Crippen molar-refractivity contribution in [1.82, 2.24) is 0 Å². The zero-order valence-corrected chi connectivity index (χ0v) is 5.50. The van der Waals surface area contributed by atoms with E-state index in [1.165, 1.54) is 12.1 Å². The molecule has 0 nitrogen and oxygen atoms in total. The van der Waals surface area contributed by atoms with E-state index >= 15 is 0 Å². The highest BCUT2D eigenvalue weighted by Crippen LogP contribution is 2.07. The summed E-state index contributed by atoms with van der Waals surface area (Å²) in [7, 11) is 0. The fourth-order valence-electron chi connectivity index (χ4n) is 0.369. The summed E-state index contributed by atoms with van der Waals surface area (Å²) in [6.45, 7) is 0. The van der Waals surface area contributed by atoms with Gasteiger partial charge in [0.2, 0.25) is 0 Å². The Labute approximate surface area is 55.5 Å². The second-order valence-corrected chi connectivity index (χ2v) is 2.13. The molecular weight excluding hydrogens is 171 g/mol. The largest absolute Gasteiger partial charge is 0.206 e. The first-order valence-electron chi connectivity index (χ1n) is 2.03. The topological polar surface area (TPSA) is 0 Å². The lowest BCUT2D eigenvalue weighted by Gasteiger charge is -1.84. The molecule has 0 N–H and O–H groups in total. The summed E-state index contributed by atoms with van der Waals surface area (Å²) < 4.78 is 12.7. The van der Waals surface area contributed by atoms with Gasteiger partial charge in [-0.05, 0) is 18.2 Å². The second-order valence-electron chi connectivity index (χ2n) is 1.27. The van der Waals surface area contributed by atoms with Crippen LogP contribution in [0.25, 0.3) is 0 Å². The molecule has 40 valence electrons. The highest BCUT2D eigenvalue weighted by Gasteiger charge is 1.87. The van der Waals surface area contributed by atoms with Crippen molar-refractivity contribution in [3.63, 3.8) is 0 Å². The zero-order chi connectivity index (χ0) is 5.98. The van der Waals surface area contributed by atoms with Crippen LogP contribution in [0.15, 0.2) is 16.6 Å². The predicted octanol–water partition coefficient (Wildman–Crippen LogP) is 2.19. The third-order valence-corrected chi connectivity index (χ3v) is 1.13. The molecule has 0 aliphatic carbocycles. The Morgan fingerprint density at radius 3 is 2.62 bits per heavy atom. The first-order chi connectivity index (χ1) is 3.79. The Morgan fingerprint density at radius 1 is 1.50 bits per heavy atom. The van der Waals surface area contributed by atoms with Crippen LogP contribution >= 0.6 is 15.9 Å². The van der Waals surface area contributed by atoms with Crippen molar-refractivity contribution in [2.75, 3.05) is 0 Å². The summed E-state index contributed by atoms with van der Waals surface area (Å²) in [6, 6.07) is 7.72. The summed E-state index contributed by atoms with van der Waals surface area (Å²) in [6.07, 6.45) is 0. The molecule has 1 aromatic carbocycles.